The number of aromatic nitrogens is 2. The van der Waals surface area contributed by atoms with E-state index in [2.05, 4.69) is 27.6 Å². The van der Waals surface area contributed by atoms with Crippen LogP contribution in [0.25, 0.3) is 27.5 Å². The molecule has 0 amide bonds. The van der Waals surface area contributed by atoms with Gasteiger partial charge in [0.1, 0.15) is 0 Å². The molecule has 24 heavy (non-hydrogen) atoms. The van der Waals surface area contributed by atoms with Crippen LogP contribution in [0.2, 0.25) is 0 Å². The van der Waals surface area contributed by atoms with E-state index in [0.717, 1.165) is 22.2 Å². The maximum absolute atomic E-state index is 11.8. The highest BCUT2D eigenvalue weighted by molar-refractivity contribution is 5.98. The van der Waals surface area contributed by atoms with Crippen LogP contribution in [-0.2, 0) is 4.74 Å². The zero-order valence-electron chi connectivity index (χ0n) is 13.3. The zero-order valence-corrected chi connectivity index (χ0v) is 13.3. The normalized spacial score (nSPS) is 11.0. The highest BCUT2D eigenvalue weighted by Crippen LogP contribution is 2.28. The van der Waals surface area contributed by atoms with Gasteiger partial charge in [-0.2, -0.15) is 0 Å². The summed E-state index contributed by atoms with van der Waals surface area (Å²) in [7, 11) is 0. The van der Waals surface area contributed by atoms with Crippen molar-refractivity contribution in [3.05, 3.63) is 72.7 Å². The molecular formula is C20H16N2O2. The van der Waals surface area contributed by atoms with Crippen molar-refractivity contribution >= 4 is 22.3 Å². The molecule has 4 rings (SSSR count). The van der Waals surface area contributed by atoms with E-state index in [-0.39, 0.29) is 5.97 Å². The van der Waals surface area contributed by atoms with Crippen molar-refractivity contribution in [3.63, 3.8) is 0 Å². The number of nitrogens with zero attached hydrogens (tertiary/aromatic N) is 2. The molecule has 0 spiro atoms. The Kier molecular flexibility index (Phi) is 3.50. The summed E-state index contributed by atoms with van der Waals surface area (Å²) in [5, 5.41) is 2.33. The minimum Gasteiger partial charge on any atom is -0.462 e. The van der Waals surface area contributed by atoms with Crippen LogP contribution in [0.4, 0.5) is 0 Å². The van der Waals surface area contributed by atoms with Crippen LogP contribution in [0.15, 0.2) is 67.1 Å². The third kappa shape index (κ3) is 2.33. The Balaban J connectivity index is 1.86. The Hall–Kier alpha value is -3.14. The summed E-state index contributed by atoms with van der Waals surface area (Å²) >= 11 is 0. The summed E-state index contributed by atoms with van der Waals surface area (Å²) in [5.74, 6) is -0.296. The summed E-state index contributed by atoms with van der Waals surface area (Å²) < 4.78 is 7.11. The number of benzene rings is 2. The number of esters is 1. The third-order valence-electron chi connectivity index (χ3n) is 4.12. The number of pyridine rings is 1. The second-order valence-corrected chi connectivity index (χ2v) is 5.56. The molecule has 0 aliphatic heterocycles. The first kappa shape index (κ1) is 14.5. The summed E-state index contributed by atoms with van der Waals surface area (Å²) in [6.07, 6.45) is 3.69. The van der Waals surface area contributed by atoms with E-state index >= 15 is 0 Å². The van der Waals surface area contributed by atoms with Crippen molar-refractivity contribution in [2.45, 2.75) is 6.92 Å². The average Bonchev–Trinajstić information content (AvgIpc) is 3.11. The lowest BCUT2D eigenvalue weighted by atomic mass is 10.0. The molecule has 2 aromatic carbocycles. The maximum atomic E-state index is 11.8. The van der Waals surface area contributed by atoms with E-state index < -0.39 is 0 Å². The average molecular weight is 316 g/mol. The Morgan fingerprint density at radius 2 is 1.92 bits per heavy atom. The van der Waals surface area contributed by atoms with Gasteiger partial charge in [0.05, 0.1) is 35.9 Å². The monoisotopic (exact) mass is 316 g/mol. The number of rotatable bonds is 3. The molecule has 0 bridgehead atoms. The molecule has 0 aliphatic rings. The SMILES string of the molecule is CCOC(=O)c1ccc(-c2cc3ccccc3c3cncn23)cc1. The number of hydrogen-bond acceptors (Lipinski definition) is 3. The predicted octanol–water partition coefficient (Wildman–Crippen LogP) is 4.33. The molecule has 0 unspecified atom stereocenters. The number of imidazole rings is 1. The molecule has 118 valence electrons. The van der Waals surface area contributed by atoms with Crippen molar-refractivity contribution in [1.29, 1.82) is 0 Å². The molecule has 4 heteroatoms. The second kappa shape index (κ2) is 5.81. The largest absolute Gasteiger partial charge is 0.462 e. The standard InChI is InChI=1S/C20H16N2O2/c1-2-24-20(23)15-9-7-14(8-10-15)18-11-16-5-3-4-6-17(16)19-12-21-13-22(18)19/h3-13H,2H2,1H3. The van der Waals surface area contributed by atoms with E-state index in [4.69, 9.17) is 4.74 Å². The number of carbonyl (C=O) groups excluding carboxylic acids is 1. The molecule has 0 radical (unpaired) electrons. The van der Waals surface area contributed by atoms with Crippen LogP contribution in [0.5, 0.6) is 0 Å². The van der Waals surface area contributed by atoms with Crippen molar-refractivity contribution in [2.24, 2.45) is 0 Å². The third-order valence-corrected chi connectivity index (χ3v) is 4.12. The van der Waals surface area contributed by atoms with E-state index in [1.165, 1.54) is 5.39 Å². The fourth-order valence-electron chi connectivity index (χ4n) is 2.97. The van der Waals surface area contributed by atoms with Gasteiger partial charge in [-0.25, -0.2) is 9.78 Å². The van der Waals surface area contributed by atoms with Gasteiger partial charge in [0.2, 0.25) is 0 Å². The van der Waals surface area contributed by atoms with Gasteiger partial charge in [0, 0.05) is 5.39 Å². The van der Waals surface area contributed by atoms with Crippen LogP contribution in [0.1, 0.15) is 17.3 Å². The summed E-state index contributed by atoms with van der Waals surface area (Å²) in [5.41, 5.74) is 3.69. The number of hydrogen-bond donors (Lipinski definition) is 0. The van der Waals surface area contributed by atoms with Crippen LogP contribution in [0, 0.1) is 0 Å². The Labute approximate surface area is 139 Å². The number of carbonyl (C=O) groups is 1. The molecule has 0 saturated heterocycles. The van der Waals surface area contributed by atoms with Crippen LogP contribution < -0.4 is 0 Å². The molecule has 0 saturated carbocycles. The number of fused-ring (bicyclic) bond motifs is 3. The molecule has 2 heterocycles. The first-order chi connectivity index (χ1) is 11.8. The fourth-order valence-corrected chi connectivity index (χ4v) is 2.97. The molecular weight excluding hydrogens is 300 g/mol. The van der Waals surface area contributed by atoms with Crippen LogP contribution >= 0.6 is 0 Å². The highest BCUT2D eigenvalue weighted by atomic mass is 16.5. The molecule has 0 atom stereocenters. The highest BCUT2D eigenvalue weighted by Gasteiger charge is 2.10. The van der Waals surface area contributed by atoms with Gasteiger partial charge < -0.3 is 4.74 Å². The van der Waals surface area contributed by atoms with Crippen LogP contribution in [-0.4, -0.2) is 22.0 Å². The summed E-state index contributed by atoms with van der Waals surface area (Å²) in [4.78, 5) is 16.1. The van der Waals surface area contributed by atoms with Gasteiger partial charge in [0.25, 0.3) is 0 Å². The first-order valence-corrected chi connectivity index (χ1v) is 7.89. The lowest BCUT2D eigenvalue weighted by Crippen LogP contribution is -2.04. The van der Waals surface area contributed by atoms with Crippen molar-refractivity contribution < 1.29 is 9.53 Å². The Bertz CT molecular complexity index is 1030. The van der Waals surface area contributed by atoms with E-state index in [1.54, 1.807) is 19.1 Å². The molecule has 4 aromatic rings. The van der Waals surface area contributed by atoms with Gasteiger partial charge >= 0.3 is 5.97 Å². The molecule has 0 N–H and O–H groups in total. The quantitative estimate of drug-likeness (QED) is 0.528. The van der Waals surface area contributed by atoms with Gasteiger partial charge in [-0.3, -0.25) is 4.40 Å². The van der Waals surface area contributed by atoms with Gasteiger partial charge in [0.15, 0.2) is 0 Å². The summed E-state index contributed by atoms with van der Waals surface area (Å²) in [6.45, 7) is 2.18. The minimum atomic E-state index is -0.296. The smallest absolute Gasteiger partial charge is 0.338 e. The first-order valence-electron chi connectivity index (χ1n) is 7.89. The second-order valence-electron chi connectivity index (χ2n) is 5.56. The minimum absolute atomic E-state index is 0.296. The van der Waals surface area contributed by atoms with Crippen molar-refractivity contribution in [3.8, 4) is 11.3 Å². The molecule has 2 aromatic heterocycles. The Morgan fingerprint density at radius 1 is 1.12 bits per heavy atom. The van der Waals surface area contributed by atoms with Crippen LogP contribution in [0.3, 0.4) is 0 Å². The summed E-state index contributed by atoms with van der Waals surface area (Å²) in [6, 6.07) is 17.9. The van der Waals surface area contributed by atoms with Gasteiger partial charge in [-0.05, 0) is 36.1 Å². The molecule has 0 fully saturated rings. The van der Waals surface area contributed by atoms with E-state index in [0.29, 0.717) is 12.2 Å². The maximum Gasteiger partial charge on any atom is 0.338 e. The molecule has 4 nitrogen and oxygen atoms in total. The predicted molar refractivity (Wildman–Crippen MR) is 94.1 cm³/mol. The lowest BCUT2D eigenvalue weighted by molar-refractivity contribution is 0.0526. The van der Waals surface area contributed by atoms with Gasteiger partial charge in [-0.15, -0.1) is 0 Å². The molecule has 0 aliphatic carbocycles. The fraction of sp³-hybridized carbons (Fsp3) is 0.100. The van der Waals surface area contributed by atoms with Crippen molar-refractivity contribution in [1.82, 2.24) is 9.38 Å². The van der Waals surface area contributed by atoms with Gasteiger partial charge in [-0.1, -0.05) is 36.4 Å². The lowest BCUT2D eigenvalue weighted by Gasteiger charge is -2.10. The topological polar surface area (TPSA) is 43.6 Å². The number of ether oxygens (including phenoxy) is 1. The zero-order chi connectivity index (χ0) is 16.5. The van der Waals surface area contributed by atoms with E-state index in [9.17, 15) is 4.79 Å². The Morgan fingerprint density at radius 3 is 2.71 bits per heavy atom. The van der Waals surface area contributed by atoms with E-state index in [1.807, 2.05) is 36.8 Å². The van der Waals surface area contributed by atoms with Crippen molar-refractivity contribution in [2.75, 3.05) is 6.61 Å².